The maximum absolute atomic E-state index is 12.4. The summed E-state index contributed by atoms with van der Waals surface area (Å²) in [6.07, 6.45) is 2.55. The molecule has 0 aliphatic carbocycles. The minimum absolute atomic E-state index is 0.0577. The average molecular weight is 301 g/mol. The first-order chi connectivity index (χ1) is 10.3. The Kier molecular flexibility index (Phi) is 4.36. The minimum Gasteiger partial charge on any atom is -0.496 e. The van der Waals surface area contributed by atoms with Crippen LogP contribution in [0.3, 0.4) is 0 Å². The van der Waals surface area contributed by atoms with Gasteiger partial charge in [-0.15, -0.1) is 0 Å². The largest absolute Gasteiger partial charge is 0.496 e. The summed E-state index contributed by atoms with van der Waals surface area (Å²) in [7, 11) is 1.67. The molecular weight excluding hydrogens is 282 g/mol. The molecule has 0 amide bonds. The van der Waals surface area contributed by atoms with Crippen LogP contribution in [0.25, 0.3) is 0 Å². The molecule has 0 bridgehead atoms. The number of methoxy groups -OCH3 is 1. The van der Waals surface area contributed by atoms with Crippen LogP contribution in [0.1, 0.15) is 34.3 Å². The molecule has 1 aliphatic heterocycles. The van der Waals surface area contributed by atoms with Crippen LogP contribution in [-0.2, 0) is 6.54 Å². The molecule has 3 rings (SSSR count). The number of carbonyl (C=O) groups excluding carboxylic acids is 1. The summed E-state index contributed by atoms with van der Waals surface area (Å²) in [6.45, 7) is 3.20. The Balaban J connectivity index is 1.82. The second kappa shape index (κ2) is 6.41. The second-order valence-corrected chi connectivity index (χ2v) is 6.13. The van der Waals surface area contributed by atoms with Gasteiger partial charge in [-0.3, -0.25) is 9.69 Å². The third-order valence-electron chi connectivity index (χ3n) is 3.93. The first kappa shape index (κ1) is 14.3. The zero-order valence-corrected chi connectivity index (χ0v) is 13.0. The quantitative estimate of drug-likeness (QED) is 0.791. The highest BCUT2D eigenvalue weighted by Gasteiger charge is 2.16. The molecule has 1 aromatic carbocycles. The predicted octanol–water partition coefficient (Wildman–Crippen LogP) is 3.58. The van der Waals surface area contributed by atoms with Crippen molar-refractivity contribution < 1.29 is 9.53 Å². The highest BCUT2D eigenvalue weighted by atomic mass is 32.1. The standard InChI is InChI=1S/C17H19NO2S/c1-20-16-10-13(17(19)15-6-9-21-12-15)4-5-14(16)11-18-7-2-3-8-18/h4-6,9-10,12H,2-3,7-8,11H2,1H3. The summed E-state index contributed by atoms with van der Waals surface area (Å²) in [5, 5.41) is 3.80. The van der Waals surface area contributed by atoms with E-state index in [9.17, 15) is 4.79 Å². The van der Waals surface area contributed by atoms with E-state index in [0.717, 1.165) is 36.5 Å². The van der Waals surface area contributed by atoms with Gasteiger partial charge in [0.15, 0.2) is 5.78 Å². The molecule has 1 aromatic heterocycles. The van der Waals surface area contributed by atoms with Crippen LogP contribution in [0.15, 0.2) is 35.0 Å². The SMILES string of the molecule is COc1cc(C(=O)c2ccsc2)ccc1CN1CCCC1. The number of hydrogen-bond donors (Lipinski definition) is 0. The number of rotatable bonds is 5. The second-order valence-electron chi connectivity index (χ2n) is 5.35. The van der Waals surface area contributed by atoms with Gasteiger partial charge in [-0.1, -0.05) is 12.1 Å². The fourth-order valence-electron chi connectivity index (χ4n) is 2.76. The van der Waals surface area contributed by atoms with E-state index in [-0.39, 0.29) is 5.78 Å². The molecule has 3 nitrogen and oxygen atoms in total. The van der Waals surface area contributed by atoms with Gasteiger partial charge in [0, 0.05) is 28.6 Å². The van der Waals surface area contributed by atoms with Crippen molar-refractivity contribution in [1.29, 1.82) is 0 Å². The van der Waals surface area contributed by atoms with Crippen molar-refractivity contribution in [3.05, 3.63) is 51.7 Å². The molecule has 21 heavy (non-hydrogen) atoms. The molecule has 4 heteroatoms. The molecule has 0 spiro atoms. The van der Waals surface area contributed by atoms with Crippen LogP contribution in [0, 0.1) is 0 Å². The van der Waals surface area contributed by atoms with Crippen molar-refractivity contribution in [3.63, 3.8) is 0 Å². The number of nitrogens with zero attached hydrogens (tertiary/aromatic N) is 1. The van der Waals surface area contributed by atoms with Gasteiger partial charge in [0.05, 0.1) is 7.11 Å². The summed E-state index contributed by atoms with van der Waals surface area (Å²) in [6, 6.07) is 7.66. The summed E-state index contributed by atoms with van der Waals surface area (Å²) < 4.78 is 5.49. The van der Waals surface area contributed by atoms with Gasteiger partial charge >= 0.3 is 0 Å². The molecule has 2 heterocycles. The molecule has 2 aromatic rings. The van der Waals surface area contributed by atoms with Crippen molar-refractivity contribution in [2.24, 2.45) is 0 Å². The molecule has 0 unspecified atom stereocenters. The van der Waals surface area contributed by atoms with Gasteiger partial charge in [-0.2, -0.15) is 11.3 Å². The Labute approximate surface area is 129 Å². The Bertz CT molecular complexity index is 616. The topological polar surface area (TPSA) is 29.5 Å². The average Bonchev–Trinajstić information content (AvgIpc) is 3.20. The Morgan fingerprint density at radius 3 is 2.71 bits per heavy atom. The summed E-state index contributed by atoms with van der Waals surface area (Å²) >= 11 is 1.54. The summed E-state index contributed by atoms with van der Waals surface area (Å²) in [5.74, 6) is 0.866. The highest BCUT2D eigenvalue weighted by Crippen LogP contribution is 2.25. The molecule has 0 saturated carbocycles. The Morgan fingerprint density at radius 2 is 2.05 bits per heavy atom. The third kappa shape index (κ3) is 3.17. The molecule has 0 N–H and O–H groups in total. The van der Waals surface area contributed by atoms with Gasteiger partial charge in [-0.25, -0.2) is 0 Å². The number of carbonyl (C=O) groups is 1. The molecule has 0 radical (unpaired) electrons. The smallest absolute Gasteiger partial charge is 0.193 e. The summed E-state index contributed by atoms with van der Waals surface area (Å²) in [5.41, 5.74) is 2.59. The van der Waals surface area contributed by atoms with E-state index in [1.807, 2.05) is 35.0 Å². The van der Waals surface area contributed by atoms with E-state index in [1.54, 1.807) is 7.11 Å². The van der Waals surface area contributed by atoms with Gasteiger partial charge in [0.1, 0.15) is 5.75 Å². The normalized spacial score (nSPS) is 15.3. The Morgan fingerprint density at radius 1 is 1.24 bits per heavy atom. The molecule has 1 fully saturated rings. The predicted molar refractivity (Wildman–Crippen MR) is 85.3 cm³/mol. The van der Waals surface area contributed by atoms with Gasteiger partial charge in [0.2, 0.25) is 0 Å². The number of ketones is 1. The van der Waals surface area contributed by atoms with Crippen LogP contribution in [0.2, 0.25) is 0 Å². The third-order valence-corrected chi connectivity index (χ3v) is 4.61. The number of ether oxygens (including phenoxy) is 1. The maximum Gasteiger partial charge on any atom is 0.193 e. The zero-order valence-electron chi connectivity index (χ0n) is 12.2. The van der Waals surface area contributed by atoms with Gasteiger partial charge in [-0.05, 0) is 43.4 Å². The molecule has 0 atom stereocenters. The van der Waals surface area contributed by atoms with Crippen molar-refractivity contribution in [1.82, 2.24) is 4.90 Å². The van der Waals surface area contributed by atoms with Crippen LogP contribution in [0.5, 0.6) is 5.75 Å². The zero-order chi connectivity index (χ0) is 14.7. The van der Waals surface area contributed by atoms with Gasteiger partial charge < -0.3 is 4.74 Å². The van der Waals surface area contributed by atoms with E-state index in [4.69, 9.17) is 4.74 Å². The lowest BCUT2D eigenvalue weighted by Crippen LogP contribution is -2.19. The van der Waals surface area contributed by atoms with E-state index < -0.39 is 0 Å². The molecule has 1 saturated heterocycles. The number of hydrogen-bond acceptors (Lipinski definition) is 4. The van der Waals surface area contributed by atoms with Crippen molar-refractivity contribution in [2.45, 2.75) is 19.4 Å². The molecule has 110 valence electrons. The molecular formula is C17H19NO2S. The fraction of sp³-hybridized carbons (Fsp3) is 0.353. The van der Waals surface area contributed by atoms with E-state index in [1.165, 1.54) is 24.2 Å². The minimum atomic E-state index is 0.0577. The van der Waals surface area contributed by atoms with Gasteiger partial charge in [0.25, 0.3) is 0 Å². The highest BCUT2D eigenvalue weighted by molar-refractivity contribution is 7.08. The monoisotopic (exact) mass is 301 g/mol. The number of thiophene rings is 1. The van der Waals surface area contributed by atoms with Crippen molar-refractivity contribution in [2.75, 3.05) is 20.2 Å². The maximum atomic E-state index is 12.4. The van der Waals surface area contributed by atoms with Crippen molar-refractivity contribution in [3.8, 4) is 5.75 Å². The molecule has 1 aliphatic rings. The van der Waals surface area contributed by atoms with Crippen LogP contribution < -0.4 is 4.74 Å². The lowest BCUT2D eigenvalue weighted by Gasteiger charge is -2.17. The number of benzene rings is 1. The summed E-state index contributed by atoms with van der Waals surface area (Å²) in [4.78, 5) is 14.8. The fourth-order valence-corrected chi connectivity index (χ4v) is 3.39. The van der Waals surface area contributed by atoms with E-state index >= 15 is 0 Å². The first-order valence-electron chi connectivity index (χ1n) is 7.24. The Hall–Kier alpha value is -1.65. The van der Waals surface area contributed by atoms with Crippen LogP contribution in [-0.4, -0.2) is 30.9 Å². The van der Waals surface area contributed by atoms with Crippen LogP contribution >= 0.6 is 11.3 Å². The first-order valence-corrected chi connectivity index (χ1v) is 8.18. The lowest BCUT2D eigenvalue weighted by atomic mass is 10.0. The lowest BCUT2D eigenvalue weighted by molar-refractivity contribution is 0.103. The van der Waals surface area contributed by atoms with Crippen molar-refractivity contribution >= 4 is 17.1 Å². The van der Waals surface area contributed by atoms with E-state index in [2.05, 4.69) is 4.90 Å². The van der Waals surface area contributed by atoms with Crippen LogP contribution in [0.4, 0.5) is 0 Å². The van der Waals surface area contributed by atoms with E-state index in [0.29, 0.717) is 5.56 Å². The number of likely N-dealkylation sites (tertiary alicyclic amines) is 1.